The van der Waals surface area contributed by atoms with E-state index in [2.05, 4.69) is 21.2 Å². The number of anilines is 1. The summed E-state index contributed by atoms with van der Waals surface area (Å²) in [4.78, 5) is 10.6. The highest BCUT2D eigenvalue weighted by atomic mass is 79.9. The Morgan fingerprint density at radius 1 is 1.35 bits per heavy atom. The van der Waals surface area contributed by atoms with Gasteiger partial charge in [-0.25, -0.2) is 0 Å². The number of carbonyl (C=O) groups is 1. The van der Waals surface area contributed by atoms with Gasteiger partial charge < -0.3 is 10.4 Å². The number of aliphatic carboxylic acids is 1. The summed E-state index contributed by atoms with van der Waals surface area (Å²) in [5.41, 5.74) is -1.61. The summed E-state index contributed by atoms with van der Waals surface area (Å²) in [5.74, 6) is -0.981. The van der Waals surface area contributed by atoms with Crippen LogP contribution in [0.4, 0.5) is 18.9 Å². The van der Waals surface area contributed by atoms with Gasteiger partial charge in [-0.2, -0.15) is 13.2 Å². The molecule has 112 valence electrons. The van der Waals surface area contributed by atoms with Gasteiger partial charge in [-0.3, -0.25) is 4.79 Å². The minimum absolute atomic E-state index is 0.0673. The van der Waals surface area contributed by atoms with E-state index >= 15 is 0 Å². The minimum atomic E-state index is -4.47. The van der Waals surface area contributed by atoms with Gasteiger partial charge in [-0.15, -0.1) is 0 Å². The van der Waals surface area contributed by atoms with Crippen LogP contribution in [-0.4, -0.2) is 16.6 Å². The molecule has 0 bridgehead atoms. The highest BCUT2D eigenvalue weighted by Crippen LogP contribution is 2.37. The van der Waals surface area contributed by atoms with Gasteiger partial charge in [-0.05, 0) is 38.5 Å². The molecule has 0 radical (unpaired) electrons. The van der Waals surface area contributed by atoms with Crippen molar-refractivity contribution < 1.29 is 23.1 Å². The van der Waals surface area contributed by atoms with Gasteiger partial charge in [0.05, 0.1) is 5.56 Å². The van der Waals surface area contributed by atoms with Crippen LogP contribution in [0.3, 0.4) is 0 Å². The first kappa shape index (κ1) is 16.8. The molecule has 1 aromatic rings. The van der Waals surface area contributed by atoms with Gasteiger partial charge in [0.1, 0.15) is 0 Å². The average Bonchev–Trinajstić information content (AvgIpc) is 2.24. The van der Waals surface area contributed by atoms with E-state index < -0.39 is 23.2 Å². The Morgan fingerprint density at radius 2 is 1.95 bits per heavy atom. The molecule has 0 aliphatic carbocycles. The molecule has 1 aromatic carbocycles. The van der Waals surface area contributed by atoms with Gasteiger partial charge in [-0.1, -0.05) is 15.9 Å². The molecular weight excluding hydrogens is 339 g/mol. The Hall–Kier alpha value is -1.24. The molecule has 0 saturated heterocycles. The van der Waals surface area contributed by atoms with Crippen molar-refractivity contribution in [1.82, 2.24) is 0 Å². The van der Waals surface area contributed by atoms with Crippen LogP contribution in [-0.2, 0) is 11.0 Å². The van der Waals surface area contributed by atoms with Crippen molar-refractivity contribution in [1.29, 1.82) is 0 Å². The fourth-order valence-electron chi connectivity index (χ4n) is 1.71. The number of halogens is 4. The monoisotopic (exact) mass is 353 g/mol. The van der Waals surface area contributed by atoms with Crippen LogP contribution >= 0.6 is 15.9 Å². The van der Waals surface area contributed by atoms with E-state index in [1.165, 1.54) is 12.1 Å². The number of carboxylic acids is 1. The molecular formula is C13H15BrF3NO2. The minimum Gasteiger partial charge on any atom is -0.481 e. The molecule has 0 unspecified atom stereocenters. The third-order valence-corrected chi connectivity index (χ3v) is 3.22. The molecule has 0 aliphatic rings. The Balaban J connectivity index is 3.01. The van der Waals surface area contributed by atoms with Crippen molar-refractivity contribution in [2.24, 2.45) is 0 Å². The highest BCUT2D eigenvalue weighted by Gasteiger charge is 2.34. The predicted molar refractivity (Wildman–Crippen MR) is 73.7 cm³/mol. The summed E-state index contributed by atoms with van der Waals surface area (Å²) < 4.78 is 39.3. The van der Waals surface area contributed by atoms with E-state index in [4.69, 9.17) is 5.11 Å². The number of alkyl halides is 3. The largest absolute Gasteiger partial charge is 0.481 e. The second kappa shape index (κ2) is 6.03. The summed E-state index contributed by atoms with van der Waals surface area (Å²) in [6.07, 6.45) is -4.37. The fourth-order valence-corrected chi connectivity index (χ4v) is 2.07. The first-order valence-electron chi connectivity index (χ1n) is 5.88. The van der Waals surface area contributed by atoms with Crippen LogP contribution < -0.4 is 5.32 Å². The van der Waals surface area contributed by atoms with Crippen LogP contribution in [0.25, 0.3) is 0 Å². The summed E-state index contributed by atoms with van der Waals surface area (Å²) in [6, 6.07) is 3.64. The number of benzene rings is 1. The maximum atomic E-state index is 12.9. The Labute approximate surface area is 123 Å². The number of hydrogen-bond acceptors (Lipinski definition) is 2. The smallest absolute Gasteiger partial charge is 0.418 e. The first-order valence-corrected chi connectivity index (χ1v) is 6.67. The van der Waals surface area contributed by atoms with Gasteiger partial charge >= 0.3 is 12.1 Å². The molecule has 0 spiro atoms. The number of hydrogen-bond donors (Lipinski definition) is 2. The van der Waals surface area contributed by atoms with Crippen LogP contribution in [0.15, 0.2) is 22.7 Å². The van der Waals surface area contributed by atoms with Crippen LogP contribution in [0, 0.1) is 0 Å². The lowest BCUT2D eigenvalue weighted by Crippen LogP contribution is -2.32. The van der Waals surface area contributed by atoms with Gasteiger partial charge in [0, 0.05) is 22.1 Å². The number of carboxylic acid groups (broad SMARTS) is 1. The van der Waals surface area contributed by atoms with Gasteiger partial charge in [0.2, 0.25) is 0 Å². The fraction of sp³-hybridized carbons (Fsp3) is 0.462. The maximum Gasteiger partial charge on any atom is 0.418 e. The van der Waals surface area contributed by atoms with E-state index in [0.717, 1.165) is 6.07 Å². The molecule has 0 saturated carbocycles. The summed E-state index contributed by atoms with van der Waals surface area (Å²) in [5, 5.41) is 11.4. The quantitative estimate of drug-likeness (QED) is 0.817. The summed E-state index contributed by atoms with van der Waals surface area (Å²) in [7, 11) is 0. The average molecular weight is 354 g/mol. The topological polar surface area (TPSA) is 49.3 Å². The Bertz CT molecular complexity index is 501. The zero-order chi connectivity index (χ0) is 15.6. The lowest BCUT2D eigenvalue weighted by atomic mass is 9.97. The Morgan fingerprint density at radius 3 is 2.45 bits per heavy atom. The van der Waals surface area contributed by atoms with E-state index in [0.29, 0.717) is 4.47 Å². The zero-order valence-corrected chi connectivity index (χ0v) is 12.6. The standard InChI is InChI=1S/C13H15BrF3NO2/c1-12(2,6-5-11(19)20)18-10-7-8(14)3-4-9(10)13(15,16)17/h3-4,7,18H,5-6H2,1-2H3,(H,19,20). The second-order valence-electron chi connectivity index (χ2n) is 5.09. The van der Waals surface area contributed by atoms with Gasteiger partial charge in [0.25, 0.3) is 0 Å². The molecule has 0 heterocycles. The molecule has 0 fully saturated rings. The predicted octanol–water partition coefficient (Wildman–Crippen LogP) is 4.52. The molecule has 0 aromatic heterocycles. The number of nitrogens with one attached hydrogen (secondary N) is 1. The third-order valence-electron chi connectivity index (χ3n) is 2.72. The highest BCUT2D eigenvalue weighted by molar-refractivity contribution is 9.10. The third kappa shape index (κ3) is 5.03. The first-order chi connectivity index (χ1) is 9.01. The van der Waals surface area contributed by atoms with Crippen molar-refractivity contribution in [2.45, 2.75) is 38.4 Å². The molecule has 1 rings (SSSR count). The summed E-state index contributed by atoms with van der Waals surface area (Å²) >= 11 is 3.13. The van der Waals surface area contributed by atoms with Crippen LogP contribution in [0.1, 0.15) is 32.3 Å². The van der Waals surface area contributed by atoms with Crippen molar-refractivity contribution in [3.05, 3.63) is 28.2 Å². The SMILES string of the molecule is CC(C)(CCC(=O)O)Nc1cc(Br)ccc1C(F)(F)F. The number of rotatable bonds is 5. The van der Waals surface area contributed by atoms with Crippen molar-refractivity contribution in [3.8, 4) is 0 Å². The second-order valence-corrected chi connectivity index (χ2v) is 6.01. The van der Waals surface area contributed by atoms with E-state index in [1.807, 2.05) is 0 Å². The van der Waals surface area contributed by atoms with E-state index in [9.17, 15) is 18.0 Å². The molecule has 0 amide bonds. The van der Waals surface area contributed by atoms with Crippen molar-refractivity contribution >= 4 is 27.6 Å². The van der Waals surface area contributed by atoms with E-state index in [-0.39, 0.29) is 18.5 Å². The Kier molecular flexibility index (Phi) is 5.07. The normalized spacial score (nSPS) is 12.3. The van der Waals surface area contributed by atoms with Crippen LogP contribution in [0.2, 0.25) is 0 Å². The van der Waals surface area contributed by atoms with Crippen LogP contribution in [0.5, 0.6) is 0 Å². The molecule has 0 aliphatic heterocycles. The molecule has 7 heteroatoms. The van der Waals surface area contributed by atoms with Crippen molar-refractivity contribution in [3.63, 3.8) is 0 Å². The molecule has 3 nitrogen and oxygen atoms in total. The molecule has 2 N–H and O–H groups in total. The zero-order valence-electron chi connectivity index (χ0n) is 11.0. The lowest BCUT2D eigenvalue weighted by molar-refractivity contribution is -0.138. The van der Waals surface area contributed by atoms with Gasteiger partial charge in [0.15, 0.2) is 0 Å². The molecule has 0 atom stereocenters. The molecule has 20 heavy (non-hydrogen) atoms. The lowest BCUT2D eigenvalue weighted by Gasteiger charge is -2.29. The van der Waals surface area contributed by atoms with Crippen molar-refractivity contribution in [2.75, 3.05) is 5.32 Å². The van der Waals surface area contributed by atoms with E-state index in [1.54, 1.807) is 13.8 Å². The summed E-state index contributed by atoms with van der Waals surface area (Å²) in [6.45, 7) is 3.33. The maximum absolute atomic E-state index is 12.9.